The molecule has 7 nitrogen and oxygen atoms in total. The van der Waals surface area contributed by atoms with Crippen molar-refractivity contribution < 1.29 is 23.2 Å². The minimum absolute atomic E-state index is 0.0138. The third-order valence-corrected chi connectivity index (χ3v) is 5.39. The van der Waals surface area contributed by atoms with Gasteiger partial charge in [-0.3, -0.25) is 24.2 Å². The molecular weight excluding hydrogens is 390 g/mol. The molecule has 0 spiro atoms. The summed E-state index contributed by atoms with van der Waals surface area (Å²) in [5, 5.41) is 0.211. The van der Waals surface area contributed by atoms with Gasteiger partial charge in [-0.25, -0.2) is 13.8 Å². The van der Waals surface area contributed by atoms with E-state index in [0.717, 1.165) is 28.4 Å². The van der Waals surface area contributed by atoms with Crippen molar-refractivity contribution in [3.05, 3.63) is 23.8 Å². The number of amides is 3. The maximum atomic E-state index is 14.0. The lowest BCUT2D eigenvalue weighted by molar-refractivity contribution is -0.141. The highest BCUT2D eigenvalue weighted by Crippen LogP contribution is 2.31. The number of carbonyl (C=O) groups excluding carboxylic acids is 3. The highest BCUT2D eigenvalue weighted by molar-refractivity contribution is 7.22. The molecule has 1 aromatic carbocycles. The second-order valence-electron chi connectivity index (χ2n) is 6.81. The molecule has 150 valence electrons. The SMILES string of the molecule is CN(C)CCCN(C(=O)CN1C(=O)CCC1=O)c1nc2c(F)cc(F)cc2s1. The lowest BCUT2D eigenvalue weighted by atomic mass is 10.3. The van der Waals surface area contributed by atoms with Crippen molar-refractivity contribution in [1.82, 2.24) is 14.8 Å². The van der Waals surface area contributed by atoms with Crippen LogP contribution in [0.1, 0.15) is 19.3 Å². The lowest BCUT2D eigenvalue weighted by Crippen LogP contribution is -2.43. The standard InChI is InChI=1S/C18H20F2N4O3S/c1-22(2)6-3-7-23(16(27)10-24-14(25)4-5-15(24)26)18-21-17-12(20)8-11(19)9-13(17)28-18/h8-9H,3-7,10H2,1-2H3. The average Bonchev–Trinajstić information content (AvgIpc) is 3.16. The summed E-state index contributed by atoms with van der Waals surface area (Å²) in [4.78, 5) is 44.9. The van der Waals surface area contributed by atoms with Crippen molar-refractivity contribution >= 4 is 44.4 Å². The van der Waals surface area contributed by atoms with E-state index in [1.165, 1.54) is 4.90 Å². The number of carbonyl (C=O) groups is 3. The third-order valence-electron chi connectivity index (χ3n) is 4.37. The van der Waals surface area contributed by atoms with Gasteiger partial charge in [0.05, 0.1) is 4.70 Å². The molecule has 2 aromatic rings. The van der Waals surface area contributed by atoms with Gasteiger partial charge in [-0.2, -0.15) is 0 Å². The van der Waals surface area contributed by atoms with E-state index in [1.807, 2.05) is 19.0 Å². The molecule has 0 saturated carbocycles. The van der Waals surface area contributed by atoms with Crippen LogP contribution < -0.4 is 4.90 Å². The molecule has 0 radical (unpaired) electrons. The largest absolute Gasteiger partial charge is 0.309 e. The smallest absolute Gasteiger partial charge is 0.248 e. The minimum atomic E-state index is -0.803. The molecule has 28 heavy (non-hydrogen) atoms. The Labute approximate surface area is 164 Å². The van der Waals surface area contributed by atoms with Crippen molar-refractivity contribution in [2.45, 2.75) is 19.3 Å². The van der Waals surface area contributed by atoms with Gasteiger partial charge < -0.3 is 4.90 Å². The maximum absolute atomic E-state index is 14.0. The predicted octanol–water partition coefficient (Wildman–Crippen LogP) is 2.01. The first-order chi connectivity index (χ1) is 13.3. The number of likely N-dealkylation sites (tertiary alicyclic amines) is 1. The molecule has 0 unspecified atom stereocenters. The van der Waals surface area contributed by atoms with Crippen LogP contribution in [0.15, 0.2) is 12.1 Å². The summed E-state index contributed by atoms with van der Waals surface area (Å²) in [6, 6.07) is 1.90. The highest BCUT2D eigenvalue weighted by atomic mass is 32.1. The molecule has 3 amide bonds. The van der Waals surface area contributed by atoms with Gasteiger partial charge in [-0.05, 0) is 33.1 Å². The van der Waals surface area contributed by atoms with E-state index in [4.69, 9.17) is 0 Å². The Morgan fingerprint density at radius 3 is 2.50 bits per heavy atom. The number of thiazole rings is 1. The molecule has 1 aliphatic heterocycles. The fourth-order valence-electron chi connectivity index (χ4n) is 2.95. The zero-order valence-corrected chi connectivity index (χ0v) is 16.4. The molecule has 0 atom stereocenters. The normalized spacial score (nSPS) is 14.5. The van der Waals surface area contributed by atoms with Crippen LogP contribution in [0, 0.1) is 11.6 Å². The molecular formula is C18H20F2N4O3S. The Hall–Kier alpha value is -2.46. The summed E-state index contributed by atoms with van der Waals surface area (Å²) in [5.74, 6) is -2.78. The zero-order chi connectivity index (χ0) is 20.4. The minimum Gasteiger partial charge on any atom is -0.309 e. The first-order valence-corrected chi connectivity index (χ1v) is 9.62. The summed E-state index contributed by atoms with van der Waals surface area (Å²) in [7, 11) is 3.78. The number of benzene rings is 1. The van der Waals surface area contributed by atoms with E-state index < -0.39 is 17.5 Å². The maximum Gasteiger partial charge on any atom is 0.248 e. The predicted molar refractivity (Wildman–Crippen MR) is 101 cm³/mol. The van der Waals surface area contributed by atoms with E-state index in [-0.39, 0.29) is 53.1 Å². The van der Waals surface area contributed by atoms with Crippen molar-refractivity contribution in [1.29, 1.82) is 0 Å². The molecule has 1 fully saturated rings. The Kier molecular flexibility index (Phi) is 5.99. The highest BCUT2D eigenvalue weighted by Gasteiger charge is 2.32. The van der Waals surface area contributed by atoms with Crippen LogP contribution in [-0.4, -0.2) is 66.2 Å². The van der Waals surface area contributed by atoms with Crippen molar-refractivity contribution in [2.24, 2.45) is 0 Å². The fourth-order valence-corrected chi connectivity index (χ4v) is 4.00. The number of rotatable bonds is 7. The van der Waals surface area contributed by atoms with Crippen LogP contribution in [0.3, 0.4) is 0 Å². The monoisotopic (exact) mass is 410 g/mol. The quantitative estimate of drug-likeness (QED) is 0.653. The molecule has 3 rings (SSSR count). The summed E-state index contributed by atoms with van der Waals surface area (Å²) in [6.07, 6.45) is 0.796. The summed E-state index contributed by atoms with van der Waals surface area (Å²) < 4.78 is 27.8. The van der Waals surface area contributed by atoms with Gasteiger partial charge in [-0.1, -0.05) is 11.3 Å². The van der Waals surface area contributed by atoms with E-state index in [1.54, 1.807) is 0 Å². The number of fused-ring (bicyclic) bond motifs is 1. The first-order valence-electron chi connectivity index (χ1n) is 8.80. The van der Waals surface area contributed by atoms with Crippen LogP contribution in [-0.2, 0) is 14.4 Å². The van der Waals surface area contributed by atoms with Crippen LogP contribution in [0.5, 0.6) is 0 Å². The van der Waals surface area contributed by atoms with E-state index >= 15 is 0 Å². The molecule has 1 saturated heterocycles. The van der Waals surface area contributed by atoms with E-state index in [0.29, 0.717) is 13.0 Å². The fraction of sp³-hybridized carbons (Fsp3) is 0.444. The van der Waals surface area contributed by atoms with Crippen LogP contribution in [0.25, 0.3) is 10.2 Å². The molecule has 1 aromatic heterocycles. The third kappa shape index (κ3) is 4.33. The van der Waals surface area contributed by atoms with Crippen LogP contribution in [0.2, 0.25) is 0 Å². The van der Waals surface area contributed by atoms with Gasteiger partial charge in [0.15, 0.2) is 10.9 Å². The summed E-state index contributed by atoms with van der Waals surface area (Å²) >= 11 is 0.992. The van der Waals surface area contributed by atoms with Gasteiger partial charge in [0.25, 0.3) is 0 Å². The lowest BCUT2D eigenvalue weighted by Gasteiger charge is -2.23. The van der Waals surface area contributed by atoms with E-state index in [9.17, 15) is 23.2 Å². The number of aromatic nitrogens is 1. The van der Waals surface area contributed by atoms with Gasteiger partial charge in [0.1, 0.15) is 17.9 Å². The molecule has 1 aliphatic rings. The second kappa shape index (κ2) is 8.27. The second-order valence-corrected chi connectivity index (χ2v) is 7.82. The number of anilines is 1. The van der Waals surface area contributed by atoms with Crippen molar-refractivity contribution in [2.75, 3.05) is 38.6 Å². The number of halogens is 2. The molecule has 0 aliphatic carbocycles. The average molecular weight is 410 g/mol. The van der Waals surface area contributed by atoms with Crippen molar-refractivity contribution in [3.8, 4) is 0 Å². The van der Waals surface area contributed by atoms with Crippen molar-refractivity contribution in [3.63, 3.8) is 0 Å². The number of imide groups is 1. The van der Waals surface area contributed by atoms with Gasteiger partial charge >= 0.3 is 0 Å². The summed E-state index contributed by atoms with van der Waals surface area (Å²) in [5.41, 5.74) is -0.0138. The van der Waals surface area contributed by atoms with Gasteiger partial charge in [0, 0.05) is 25.5 Å². The van der Waals surface area contributed by atoms with Crippen LogP contribution in [0.4, 0.5) is 13.9 Å². The van der Waals surface area contributed by atoms with E-state index in [2.05, 4.69) is 4.98 Å². The molecule has 0 bridgehead atoms. The number of hydrogen-bond acceptors (Lipinski definition) is 6. The Balaban J connectivity index is 1.87. The topological polar surface area (TPSA) is 73.8 Å². The first kappa shape index (κ1) is 20.3. The van der Waals surface area contributed by atoms with Crippen LogP contribution >= 0.6 is 11.3 Å². The Morgan fingerprint density at radius 1 is 1.18 bits per heavy atom. The number of nitrogens with zero attached hydrogens (tertiary/aromatic N) is 4. The number of hydrogen-bond donors (Lipinski definition) is 0. The zero-order valence-electron chi connectivity index (χ0n) is 15.6. The Bertz CT molecular complexity index is 915. The van der Waals surface area contributed by atoms with Gasteiger partial charge in [-0.15, -0.1) is 0 Å². The molecule has 10 heteroatoms. The Morgan fingerprint density at radius 2 is 1.86 bits per heavy atom. The van der Waals surface area contributed by atoms with Gasteiger partial charge in [0.2, 0.25) is 17.7 Å². The molecule has 0 N–H and O–H groups in total. The summed E-state index contributed by atoms with van der Waals surface area (Å²) in [6.45, 7) is 0.586. The molecule has 2 heterocycles.